The van der Waals surface area contributed by atoms with Crippen LogP contribution in [0.4, 0.5) is 0 Å². The highest BCUT2D eigenvalue weighted by atomic mass is 16.5. The van der Waals surface area contributed by atoms with Crippen LogP contribution in [-0.2, 0) is 36.9 Å². The number of rotatable bonds is 17. The van der Waals surface area contributed by atoms with Gasteiger partial charge in [0, 0.05) is 36.7 Å². The van der Waals surface area contributed by atoms with Crippen molar-refractivity contribution < 1.29 is 34.7 Å². The highest BCUT2D eigenvalue weighted by Crippen LogP contribution is 2.39. The van der Waals surface area contributed by atoms with Gasteiger partial charge in [0.05, 0.1) is 19.3 Å². The van der Waals surface area contributed by atoms with Crippen molar-refractivity contribution >= 4 is 16.6 Å². The highest BCUT2D eigenvalue weighted by Gasteiger charge is 2.30. The first kappa shape index (κ1) is 39.5. The van der Waals surface area contributed by atoms with Gasteiger partial charge >= 0.3 is 0 Å². The number of benzene rings is 5. The molecule has 3 unspecified atom stereocenters. The van der Waals surface area contributed by atoms with E-state index in [1.807, 2.05) is 48.8 Å². The van der Waals surface area contributed by atoms with E-state index in [4.69, 9.17) is 9.47 Å². The van der Waals surface area contributed by atoms with Crippen molar-refractivity contribution in [2.45, 2.75) is 89.3 Å². The number of phenolic OH excluding ortho intramolecular Hbond substituents is 3. The van der Waals surface area contributed by atoms with E-state index in [0.29, 0.717) is 42.7 Å². The highest BCUT2D eigenvalue weighted by molar-refractivity contribution is 5.88. The maximum Gasteiger partial charge on any atom is 0.164 e. The number of aliphatic hydroxyl groups excluding tert-OH is 1. The minimum absolute atomic E-state index is 0.0485. The molecule has 8 heteroatoms. The van der Waals surface area contributed by atoms with Crippen LogP contribution in [0.25, 0.3) is 10.8 Å². The zero-order chi connectivity index (χ0) is 39.9. The molecule has 0 aliphatic heterocycles. The number of aryl methyl sites for hydroxylation is 1. The zero-order valence-electron chi connectivity index (χ0n) is 32.8. The van der Waals surface area contributed by atoms with Crippen LogP contribution in [-0.4, -0.2) is 50.5 Å². The van der Waals surface area contributed by atoms with E-state index < -0.39 is 12.0 Å². The number of aliphatic hydroxyl groups is 1. The third-order valence-electron chi connectivity index (χ3n) is 11.7. The van der Waals surface area contributed by atoms with Gasteiger partial charge in [-0.2, -0.15) is 0 Å². The largest absolute Gasteiger partial charge is 0.508 e. The lowest BCUT2D eigenvalue weighted by atomic mass is 9.80. The molecule has 1 aliphatic carbocycles. The van der Waals surface area contributed by atoms with Gasteiger partial charge in [-0.1, -0.05) is 67.6 Å². The number of H-pyrrole nitrogens is 1. The van der Waals surface area contributed by atoms with Crippen molar-refractivity contribution in [3.8, 4) is 28.7 Å². The predicted octanol–water partition coefficient (Wildman–Crippen LogP) is 9.52. The second-order valence-corrected chi connectivity index (χ2v) is 15.5. The molecule has 0 bridgehead atoms. The number of fused-ring (bicyclic) bond motifs is 1. The van der Waals surface area contributed by atoms with Gasteiger partial charge in [0.1, 0.15) is 11.5 Å². The molecule has 6 aromatic rings. The van der Waals surface area contributed by atoms with Crippen LogP contribution >= 0.6 is 0 Å². The molecular formula is C49H53NO7. The number of phenols is 3. The molecule has 3 atom stereocenters. The quantitative estimate of drug-likeness (QED) is 0.0625. The number of aromatic nitrogens is 1. The lowest BCUT2D eigenvalue weighted by molar-refractivity contribution is -0.123. The van der Waals surface area contributed by atoms with Gasteiger partial charge in [-0.15, -0.1) is 0 Å². The number of ketones is 1. The lowest BCUT2D eigenvalue weighted by Gasteiger charge is -2.27. The Morgan fingerprint density at radius 1 is 0.807 bits per heavy atom. The van der Waals surface area contributed by atoms with Crippen LogP contribution in [0.1, 0.15) is 83.9 Å². The summed E-state index contributed by atoms with van der Waals surface area (Å²) in [6.45, 7) is 2.14. The van der Waals surface area contributed by atoms with Crippen molar-refractivity contribution in [1.82, 2.24) is 4.98 Å². The molecule has 8 nitrogen and oxygen atoms in total. The van der Waals surface area contributed by atoms with Crippen molar-refractivity contribution in [1.29, 1.82) is 0 Å². The number of aromatic amines is 1. The van der Waals surface area contributed by atoms with Crippen LogP contribution in [0, 0.1) is 5.92 Å². The van der Waals surface area contributed by atoms with Gasteiger partial charge in [0.15, 0.2) is 23.0 Å². The summed E-state index contributed by atoms with van der Waals surface area (Å²) >= 11 is 0. The third-order valence-corrected chi connectivity index (χ3v) is 11.7. The predicted molar refractivity (Wildman–Crippen MR) is 224 cm³/mol. The smallest absolute Gasteiger partial charge is 0.164 e. The molecule has 0 amide bonds. The molecule has 0 saturated heterocycles. The second kappa shape index (κ2) is 18.0. The van der Waals surface area contributed by atoms with E-state index in [1.165, 1.54) is 11.1 Å². The number of methoxy groups -OCH3 is 1. The lowest BCUT2D eigenvalue weighted by Crippen LogP contribution is -2.30. The summed E-state index contributed by atoms with van der Waals surface area (Å²) in [5.74, 6) is -0.237. The number of hydrogen-bond donors (Lipinski definition) is 5. The van der Waals surface area contributed by atoms with Gasteiger partial charge in [-0.05, 0) is 138 Å². The van der Waals surface area contributed by atoms with E-state index in [9.17, 15) is 25.2 Å². The Bertz CT molecular complexity index is 2290. The van der Waals surface area contributed by atoms with E-state index >= 15 is 0 Å². The molecule has 5 aromatic carbocycles. The Hall–Kier alpha value is -5.73. The van der Waals surface area contributed by atoms with Gasteiger partial charge < -0.3 is 34.9 Å². The molecule has 7 rings (SSSR count). The molecule has 5 N–H and O–H groups in total. The van der Waals surface area contributed by atoms with Crippen molar-refractivity contribution in [3.63, 3.8) is 0 Å². The first-order chi connectivity index (χ1) is 27.7. The molecule has 1 fully saturated rings. The standard InChI is InChI=1S/C49H53NO7/c1-3-33-16-17-34-9-4-7-14-40(34)41(33)28-43-36(18-20-45(53)49(43)56-2)26-37(23-32-21-22-50-30-32)46(54)29-47(55)42(35-10-8-11-38(51)27-35)24-31-15-19-44(52)48(25-31)57-39-12-5-6-13-39/h4,7-11,14-22,25,27,30,37,39,42,46,50-54H,3,5-6,12-13,23-24,26,28-29H2,1-2H3. The third kappa shape index (κ3) is 9.29. The molecule has 57 heavy (non-hydrogen) atoms. The summed E-state index contributed by atoms with van der Waals surface area (Å²) < 4.78 is 12.0. The van der Waals surface area contributed by atoms with Crippen LogP contribution in [0.2, 0.25) is 0 Å². The summed E-state index contributed by atoms with van der Waals surface area (Å²) in [6.07, 6.45) is 9.33. The number of nitrogens with one attached hydrogen (secondary N) is 1. The monoisotopic (exact) mass is 767 g/mol. The Morgan fingerprint density at radius 2 is 1.60 bits per heavy atom. The maximum absolute atomic E-state index is 14.5. The average molecular weight is 768 g/mol. The minimum atomic E-state index is -1.02. The molecule has 1 aromatic heterocycles. The summed E-state index contributed by atoms with van der Waals surface area (Å²) in [6, 6.07) is 30.1. The fourth-order valence-corrected chi connectivity index (χ4v) is 8.66. The Labute approximate surface area is 334 Å². The van der Waals surface area contributed by atoms with Crippen LogP contribution < -0.4 is 9.47 Å². The van der Waals surface area contributed by atoms with Crippen LogP contribution in [0.5, 0.6) is 28.7 Å². The van der Waals surface area contributed by atoms with E-state index in [-0.39, 0.29) is 41.5 Å². The van der Waals surface area contributed by atoms with Gasteiger partial charge in [0.2, 0.25) is 0 Å². The van der Waals surface area contributed by atoms with Crippen LogP contribution in [0.15, 0.2) is 109 Å². The Kier molecular flexibility index (Phi) is 12.5. The summed E-state index contributed by atoms with van der Waals surface area (Å²) in [5.41, 5.74) is 6.61. The topological polar surface area (TPSA) is 132 Å². The number of carbonyl (C=O) groups is 1. The molecule has 0 radical (unpaired) electrons. The number of Topliss-reactive ketones (excluding diaryl/α,β-unsaturated/α-hetero) is 1. The first-order valence-electron chi connectivity index (χ1n) is 20.2. The molecule has 1 aliphatic rings. The molecule has 1 saturated carbocycles. The second-order valence-electron chi connectivity index (χ2n) is 15.5. The fraction of sp³-hybridized carbons (Fsp3) is 0.327. The summed E-state index contributed by atoms with van der Waals surface area (Å²) in [7, 11) is 1.57. The van der Waals surface area contributed by atoms with Gasteiger partial charge in [-0.3, -0.25) is 4.79 Å². The average Bonchev–Trinajstić information content (AvgIpc) is 3.94. The summed E-state index contributed by atoms with van der Waals surface area (Å²) in [4.78, 5) is 17.7. The van der Waals surface area contributed by atoms with Crippen molar-refractivity contribution in [2.24, 2.45) is 5.92 Å². The first-order valence-corrected chi connectivity index (χ1v) is 20.2. The Morgan fingerprint density at radius 3 is 2.35 bits per heavy atom. The zero-order valence-corrected chi connectivity index (χ0v) is 32.8. The van der Waals surface area contributed by atoms with Gasteiger partial charge in [-0.25, -0.2) is 0 Å². The minimum Gasteiger partial charge on any atom is -0.508 e. The molecular weight excluding hydrogens is 715 g/mol. The normalized spacial score (nSPS) is 14.7. The number of carbonyl (C=O) groups excluding carboxylic acids is 1. The van der Waals surface area contributed by atoms with Crippen LogP contribution in [0.3, 0.4) is 0 Å². The fourth-order valence-electron chi connectivity index (χ4n) is 8.66. The van der Waals surface area contributed by atoms with E-state index in [1.54, 1.807) is 43.5 Å². The van der Waals surface area contributed by atoms with Crippen molar-refractivity contribution in [3.05, 3.63) is 148 Å². The summed E-state index contributed by atoms with van der Waals surface area (Å²) in [5, 5.41) is 46.6. The molecule has 1 heterocycles. The number of aromatic hydroxyl groups is 3. The number of ether oxygens (including phenoxy) is 2. The SMILES string of the molecule is CCc1ccc2ccccc2c1Cc1c(CC(Cc2cc[nH]c2)C(O)CC(=O)C(Cc2ccc(O)c(OC3CCCC3)c2)c2cccc(O)c2)ccc(O)c1OC. The van der Waals surface area contributed by atoms with E-state index in [2.05, 4.69) is 36.2 Å². The maximum atomic E-state index is 14.5. The van der Waals surface area contributed by atoms with E-state index in [0.717, 1.165) is 65.1 Å². The Balaban J connectivity index is 1.20. The number of hydrogen-bond acceptors (Lipinski definition) is 7. The molecule has 296 valence electrons. The van der Waals surface area contributed by atoms with Gasteiger partial charge in [0.25, 0.3) is 0 Å². The van der Waals surface area contributed by atoms with Crippen molar-refractivity contribution in [2.75, 3.05) is 7.11 Å². The molecule has 0 spiro atoms.